The van der Waals surface area contributed by atoms with Crippen LogP contribution in [0.3, 0.4) is 0 Å². The minimum Gasteiger partial charge on any atom is -0.481 e. The van der Waals surface area contributed by atoms with Crippen molar-refractivity contribution >= 4 is 83.0 Å². The first kappa shape index (κ1) is 55.5. The maximum atomic E-state index is 13.7. The number of hydrogen-bond acceptors (Lipinski definition) is 14. The largest absolute Gasteiger partial charge is 0.481 e. The number of aliphatic imine (C=N–C) groups is 2. The molecule has 0 aliphatic heterocycles. The SMILES string of the molecule is CSCC[C@H](NC(=O)[C@H](CCC(=O)O)NC(=O)[C@@H](N)CCC(=O)O)C(=O)N[C@@H](CC(=O)O)C(=O)N[C@@H](CCCN=C(N)N)C(=O)N[C@@H](CCCN=C(N)N)C(=O)N[C@@H](C)C(=O)O. The van der Waals surface area contributed by atoms with Crippen molar-refractivity contribution in [3.8, 4) is 0 Å². The van der Waals surface area contributed by atoms with Crippen LogP contribution in [0, 0.1) is 0 Å². The van der Waals surface area contributed by atoms with Crippen molar-refractivity contribution in [2.75, 3.05) is 25.1 Å². The molecule has 0 unspecified atom stereocenters. The van der Waals surface area contributed by atoms with E-state index >= 15 is 0 Å². The average molecular weight is 906 g/mol. The number of thioether (sulfide) groups is 1. The van der Waals surface area contributed by atoms with Crippen molar-refractivity contribution in [3.63, 3.8) is 0 Å². The van der Waals surface area contributed by atoms with E-state index in [1.807, 2.05) is 0 Å². The number of nitrogens with zero attached hydrogens (tertiary/aromatic N) is 2. The van der Waals surface area contributed by atoms with E-state index in [4.69, 9.17) is 33.8 Å². The van der Waals surface area contributed by atoms with Gasteiger partial charge in [-0.15, -0.1) is 0 Å². The molecule has 350 valence electrons. The molecule has 0 radical (unpaired) electrons. The summed E-state index contributed by atoms with van der Waals surface area (Å²) in [5, 5.41) is 51.0. The van der Waals surface area contributed by atoms with Gasteiger partial charge in [-0.25, -0.2) is 0 Å². The molecule has 0 saturated carbocycles. The van der Waals surface area contributed by atoms with E-state index < -0.39 is 127 Å². The Hall–Kier alpha value is -6.45. The summed E-state index contributed by atoms with van der Waals surface area (Å²) in [5.74, 6) is -12.1. The second-order valence-corrected chi connectivity index (χ2v) is 14.6. The fourth-order valence-corrected chi connectivity index (χ4v) is 5.59. The molecular weight excluding hydrogens is 847 g/mol. The molecule has 0 aromatic heterocycles. The van der Waals surface area contributed by atoms with E-state index in [1.54, 1.807) is 6.26 Å². The van der Waals surface area contributed by atoms with Crippen LogP contribution < -0.4 is 60.6 Å². The Morgan fingerprint density at radius 3 is 1.29 bits per heavy atom. The van der Waals surface area contributed by atoms with E-state index in [0.29, 0.717) is 0 Å². The lowest BCUT2D eigenvalue weighted by Gasteiger charge is -2.27. The van der Waals surface area contributed by atoms with Gasteiger partial charge in [0.25, 0.3) is 0 Å². The Bertz CT molecular complexity index is 1640. The maximum absolute atomic E-state index is 13.7. The molecule has 0 saturated heterocycles. The first-order valence-electron chi connectivity index (χ1n) is 19.0. The monoisotopic (exact) mass is 905 g/mol. The fraction of sp³-hybridized carbons (Fsp3) is 0.647. The fourth-order valence-electron chi connectivity index (χ4n) is 5.12. The zero-order valence-corrected chi connectivity index (χ0v) is 35.1. The summed E-state index contributed by atoms with van der Waals surface area (Å²) in [6.45, 7) is 1.15. The van der Waals surface area contributed by atoms with Crippen LogP contribution in [0.4, 0.5) is 0 Å². The zero-order chi connectivity index (χ0) is 47.5. The van der Waals surface area contributed by atoms with Gasteiger partial charge in [-0.05, 0) is 63.9 Å². The molecule has 7 atom stereocenters. The third-order valence-corrected chi connectivity index (χ3v) is 9.07. The summed E-state index contributed by atoms with van der Waals surface area (Å²) in [6, 6.07) is -10.7. The standard InChI is InChI=1S/C34H59N13O14S/c1-16(32(60)61)42-27(55)18(5-3-12-40-33(36)37)44-28(56)19(6-4-13-41-34(38)39)45-31(59)22(15-25(52)53)47-30(58)21(11-14-62-2)46-29(57)20(8-10-24(50)51)43-26(54)17(35)7-9-23(48)49/h16-22H,3-15,35H2,1-2H3,(H,42,55)(H,43,54)(H,44,56)(H,45,59)(H,46,57)(H,47,58)(H,48,49)(H,50,51)(H,52,53)(H,60,61)(H4,36,37,40)(H4,38,39,41)/t16-,17-,18-,19-,20-,21-,22-/m0/s1. The Balaban J connectivity index is 6.55. The number of hydrogen-bond donors (Lipinski definition) is 15. The number of nitrogens with one attached hydrogen (secondary N) is 6. The lowest BCUT2D eigenvalue weighted by molar-refractivity contribution is -0.142. The first-order chi connectivity index (χ1) is 29.0. The molecule has 0 heterocycles. The summed E-state index contributed by atoms with van der Waals surface area (Å²) in [7, 11) is 0. The van der Waals surface area contributed by atoms with E-state index in [-0.39, 0.29) is 69.3 Å². The summed E-state index contributed by atoms with van der Waals surface area (Å²) >= 11 is 1.24. The van der Waals surface area contributed by atoms with Crippen molar-refractivity contribution in [1.29, 1.82) is 0 Å². The lowest BCUT2D eigenvalue weighted by Crippen LogP contribution is -2.60. The van der Waals surface area contributed by atoms with Crippen LogP contribution in [0.1, 0.15) is 71.1 Å². The number of carboxylic acid groups (broad SMARTS) is 4. The van der Waals surface area contributed by atoms with Crippen LogP contribution in [0.25, 0.3) is 0 Å². The number of aliphatic carboxylic acids is 4. The van der Waals surface area contributed by atoms with E-state index in [9.17, 15) is 63.3 Å². The summed E-state index contributed by atoms with van der Waals surface area (Å²) in [5.41, 5.74) is 27.2. The molecule has 6 amide bonds. The van der Waals surface area contributed by atoms with Crippen molar-refractivity contribution in [2.45, 2.75) is 113 Å². The number of carbonyl (C=O) groups excluding carboxylic acids is 6. The minimum absolute atomic E-state index is 0.0183. The van der Waals surface area contributed by atoms with Gasteiger partial charge >= 0.3 is 23.9 Å². The molecule has 0 rings (SSSR count). The van der Waals surface area contributed by atoms with Gasteiger partial charge in [0.1, 0.15) is 36.3 Å². The minimum atomic E-state index is -1.90. The normalized spacial score (nSPS) is 14.0. The average Bonchev–Trinajstić information content (AvgIpc) is 3.17. The third-order valence-electron chi connectivity index (χ3n) is 8.43. The highest BCUT2D eigenvalue weighted by molar-refractivity contribution is 7.98. The molecular formula is C34H59N13O14S. The van der Waals surface area contributed by atoms with Crippen LogP contribution in [-0.4, -0.2) is 159 Å². The Morgan fingerprint density at radius 2 is 0.887 bits per heavy atom. The van der Waals surface area contributed by atoms with Gasteiger partial charge in [-0.2, -0.15) is 11.8 Å². The van der Waals surface area contributed by atoms with Gasteiger partial charge in [0.05, 0.1) is 12.5 Å². The van der Waals surface area contributed by atoms with Gasteiger partial charge in [0, 0.05) is 25.9 Å². The Labute approximate surface area is 359 Å². The molecule has 27 nitrogen and oxygen atoms in total. The van der Waals surface area contributed by atoms with Crippen LogP contribution in [0.15, 0.2) is 9.98 Å². The number of guanidine groups is 2. The molecule has 62 heavy (non-hydrogen) atoms. The lowest BCUT2D eigenvalue weighted by atomic mass is 10.1. The van der Waals surface area contributed by atoms with Gasteiger partial charge in [0.2, 0.25) is 35.4 Å². The summed E-state index contributed by atoms with van der Waals surface area (Å²) in [4.78, 5) is 133. The second kappa shape index (κ2) is 29.7. The van der Waals surface area contributed by atoms with Crippen molar-refractivity contribution < 1.29 is 68.4 Å². The van der Waals surface area contributed by atoms with Gasteiger partial charge in [-0.1, -0.05) is 0 Å². The van der Waals surface area contributed by atoms with Gasteiger partial charge in [-0.3, -0.25) is 57.9 Å². The van der Waals surface area contributed by atoms with E-state index in [1.165, 1.54) is 18.7 Å². The van der Waals surface area contributed by atoms with Crippen molar-refractivity contribution in [3.05, 3.63) is 0 Å². The summed E-state index contributed by atoms with van der Waals surface area (Å²) < 4.78 is 0. The number of rotatable bonds is 32. The maximum Gasteiger partial charge on any atom is 0.325 e. The summed E-state index contributed by atoms with van der Waals surface area (Å²) in [6.07, 6.45) is -1.60. The predicted octanol–water partition coefficient (Wildman–Crippen LogP) is -5.61. The quantitative estimate of drug-likeness (QED) is 0.0170. The molecule has 0 spiro atoms. The van der Waals surface area contributed by atoms with Crippen LogP contribution in [-0.2, 0) is 47.9 Å². The zero-order valence-electron chi connectivity index (χ0n) is 34.3. The molecule has 0 aliphatic rings. The number of amides is 6. The molecule has 0 aromatic carbocycles. The third kappa shape index (κ3) is 24.6. The van der Waals surface area contributed by atoms with Gasteiger partial charge in [0.15, 0.2) is 11.9 Å². The van der Waals surface area contributed by atoms with E-state index in [0.717, 1.165) is 0 Å². The number of carbonyl (C=O) groups is 10. The molecule has 0 aromatic rings. The predicted molar refractivity (Wildman–Crippen MR) is 222 cm³/mol. The number of nitrogens with two attached hydrogens (primary N) is 5. The van der Waals surface area contributed by atoms with Crippen molar-refractivity contribution in [2.24, 2.45) is 38.7 Å². The second-order valence-electron chi connectivity index (χ2n) is 13.6. The number of carboxylic acids is 4. The smallest absolute Gasteiger partial charge is 0.325 e. The first-order valence-corrected chi connectivity index (χ1v) is 20.4. The Morgan fingerprint density at radius 1 is 0.516 bits per heavy atom. The van der Waals surface area contributed by atoms with Gasteiger partial charge < -0.3 is 81.0 Å². The Kier molecular flexibility index (Phi) is 26.6. The highest BCUT2D eigenvalue weighted by Gasteiger charge is 2.34. The highest BCUT2D eigenvalue weighted by Crippen LogP contribution is 2.09. The van der Waals surface area contributed by atoms with Crippen LogP contribution in [0.2, 0.25) is 0 Å². The van der Waals surface area contributed by atoms with Crippen molar-refractivity contribution in [1.82, 2.24) is 31.9 Å². The molecule has 20 N–H and O–H groups in total. The molecule has 0 bridgehead atoms. The van der Waals surface area contributed by atoms with Crippen LogP contribution >= 0.6 is 11.8 Å². The topological polar surface area (TPSA) is 479 Å². The molecule has 0 aliphatic carbocycles. The molecule has 28 heteroatoms. The molecule has 0 fully saturated rings. The highest BCUT2D eigenvalue weighted by atomic mass is 32.2. The van der Waals surface area contributed by atoms with E-state index in [2.05, 4.69) is 41.9 Å². The van der Waals surface area contributed by atoms with Crippen LogP contribution in [0.5, 0.6) is 0 Å².